The van der Waals surface area contributed by atoms with Gasteiger partial charge in [-0.15, -0.1) is 6.42 Å². The van der Waals surface area contributed by atoms with E-state index in [9.17, 15) is 18.0 Å². The van der Waals surface area contributed by atoms with Gasteiger partial charge in [0.1, 0.15) is 0 Å². The lowest BCUT2D eigenvalue weighted by molar-refractivity contribution is -0.129. The van der Waals surface area contributed by atoms with Crippen molar-refractivity contribution in [3.05, 3.63) is 65.2 Å². The highest BCUT2D eigenvalue weighted by Crippen LogP contribution is 2.19. The van der Waals surface area contributed by atoms with E-state index in [1.807, 2.05) is 31.2 Å². The molecule has 1 saturated heterocycles. The zero-order valence-electron chi connectivity index (χ0n) is 18.3. The van der Waals surface area contributed by atoms with Gasteiger partial charge in [0.05, 0.1) is 11.4 Å². The highest BCUT2D eigenvalue weighted by molar-refractivity contribution is 7.89. The zero-order valence-corrected chi connectivity index (χ0v) is 19.1. The SMILES string of the molecule is C#CCN(Cc1ccc(C)cc1)C(=O)c1ccc(S(=O)(=O)N2CCN(C(C)=O)CC2)cc1. The number of amides is 2. The van der Waals surface area contributed by atoms with Gasteiger partial charge in [0.15, 0.2) is 0 Å². The third-order valence-corrected chi connectivity index (χ3v) is 7.40. The van der Waals surface area contributed by atoms with Gasteiger partial charge in [0.2, 0.25) is 15.9 Å². The maximum atomic E-state index is 13.0. The van der Waals surface area contributed by atoms with E-state index in [4.69, 9.17) is 6.42 Å². The predicted octanol–water partition coefficient (Wildman–Crippen LogP) is 2.12. The van der Waals surface area contributed by atoms with Gasteiger partial charge in [-0.25, -0.2) is 8.42 Å². The minimum absolute atomic E-state index is 0.0629. The van der Waals surface area contributed by atoms with E-state index in [0.717, 1.165) is 11.1 Å². The Bertz CT molecular complexity index is 1110. The van der Waals surface area contributed by atoms with Crippen LogP contribution in [0, 0.1) is 19.3 Å². The molecular weight excluding hydrogens is 426 g/mol. The summed E-state index contributed by atoms with van der Waals surface area (Å²) in [7, 11) is -3.70. The van der Waals surface area contributed by atoms with Crippen molar-refractivity contribution in [3.8, 4) is 12.3 Å². The molecular formula is C24H27N3O4S. The summed E-state index contributed by atoms with van der Waals surface area (Å²) in [4.78, 5) is 27.8. The molecule has 0 aliphatic carbocycles. The number of terminal acetylenes is 1. The normalized spacial score (nSPS) is 14.6. The minimum atomic E-state index is -3.70. The second kappa shape index (κ2) is 9.98. The maximum Gasteiger partial charge on any atom is 0.254 e. The van der Waals surface area contributed by atoms with Crippen molar-refractivity contribution in [2.45, 2.75) is 25.3 Å². The molecule has 0 N–H and O–H groups in total. The number of carbonyl (C=O) groups is 2. The lowest BCUT2D eigenvalue weighted by Crippen LogP contribution is -2.49. The Hall–Kier alpha value is -3.15. The Morgan fingerprint density at radius 3 is 2.12 bits per heavy atom. The van der Waals surface area contributed by atoms with Gasteiger partial charge in [0.25, 0.3) is 5.91 Å². The third kappa shape index (κ3) is 5.36. The Kier molecular flexibility index (Phi) is 7.33. The molecule has 8 heteroatoms. The van der Waals surface area contributed by atoms with Crippen LogP contribution in [0.1, 0.15) is 28.4 Å². The number of hydrogen-bond acceptors (Lipinski definition) is 4. The average Bonchev–Trinajstić information content (AvgIpc) is 2.80. The summed E-state index contributed by atoms with van der Waals surface area (Å²) >= 11 is 0. The van der Waals surface area contributed by atoms with Gasteiger partial charge in [-0.05, 0) is 36.8 Å². The van der Waals surface area contributed by atoms with Crippen LogP contribution in [0.2, 0.25) is 0 Å². The summed E-state index contributed by atoms with van der Waals surface area (Å²) in [5.74, 6) is 2.19. The molecule has 0 bridgehead atoms. The van der Waals surface area contributed by atoms with Gasteiger partial charge in [-0.2, -0.15) is 4.31 Å². The molecule has 1 aliphatic heterocycles. The van der Waals surface area contributed by atoms with Crippen molar-refractivity contribution in [1.82, 2.24) is 14.1 Å². The quantitative estimate of drug-likeness (QED) is 0.628. The second-order valence-corrected chi connectivity index (χ2v) is 9.72. The van der Waals surface area contributed by atoms with Gasteiger partial charge in [0, 0.05) is 45.2 Å². The molecule has 7 nitrogen and oxygen atoms in total. The molecule has 0 unspecified atom stereocenters. The maximum absolute atomic E-state index is 13.0. The number of nitrogens with zero attached hydrogens (tertiary/aromatic N) is 3. The first-order chi connectivity index (χ1) is 15.2. The van der Waals surface area contributed by atoms with E-state index in [-0.39, 0.29) is 36.3 Å². The molecule has 32 heavy (non-hydrogen) atoms. The van der Waals surface area contributed by atoms with Crippen LogP contribution in [0.15, 0.2) is 53.4 Å². The third-order valence-electron chi connectivity index (χ3n) is 5.49. The fourth-order valence-electron chi connectivity index (χ4n) is 3.57. The van der Waals surface area contributed by atoms with E-state index < -0.39 is 10.0 Å². The highest BCUT2D eigenvalue weighted by Gasteiger charge is 2.29. The predicted molar refractivity (Wildman–Crippen MR) is 122 cm³/mol. The van der Waals surface area contributed by atoms with Gasteiger partial charge in [-0.3, -0.25) is 9.59 Å². The molecule has 0 radical (unpaired) electrons. The molecule has 0 spiro atoms. The molecule has 0 saturated carbocycles. The lowest BCUT2D eigenvalue weighted by atomic mass is 10.1. The first-order valence-electron chi connectivity index (χ1n) is 10.4. The Balaban J connectivity index is 1.73. The first kappa shape index (κ1) is 23.5. The van der Waals surface area contributed by atoms with Crippen molar-refractivity contribution in [2.75, 3.05) is 32.7 Å². The van der Waals surface area contributed by atoms with Crippen molar-refractivity contribution < 1.29 is 18.0 Å². The van der Waals surface area contributed by atoms with Crippen LogP contribution < -0.4 is 0 Å². The molecule has 3 rings (SSSR count). The topological polar surface area (TPSA) is 78.0 Å². The van der Waals surface area contributed by atoms with E-state index in [1.54, 1.807) is 9.80 Å². The summed E-state index contributed by atoms with van der Waals surface area (Å²) in [6.45, 7) is 5.20. The first-order valence-corrected chi connectivity index (χ1v) is 11.8. The molecule has 2 amide bonds. The fourth-order valence-corrected chi connectivity index (χ4v) is 4.99. The van der Waals surface area contributed by atoms with Crippen LogP contribution in [-0.2, 0) is 21.4 Å². The second-order valence-electron chi connectivity index (χ2n) is 7.79. The summed E-state index contributed by atoms with van der Waals surface area (Å²) in [5.41, 5.74) is 2.46. The standard InChI is InChI=1S/C24H27N3O4S/c1-4-13-26(18-21-7-5-19(2)6-8-21)24(29)22-9-11-23(12-10-22)32(30,31)27-16-14-25(15-17-27)20(3)28/h1,5-12H,13-18H2,2-3H3. The fraction of sp³-hybridized carbons (Fsp3) is 0.333. The van der Waals surface area contributed by atoms with Crippen LogP contribution in [0.4, 0.5) is 0 Å². The summed E-state index contributed by atoms with van der Waals surface area (Å²) in [6, 6.07) is 13.8. The Labute approximate surface area is 189 Å². The average molecular weight is 454 g/mol. The summed E-state index contributed by atoms with van der Waals surface area (Å²) < 4.78 is 27.3. The highest BCUT2D eigenvalue weighted by atomic mass is 32.2. The Morgan fingerprint density at radius 1 is 1.00 bits per heavy atom. The van der Waals surface area contributed by atoms with E-state index >= 15 is 0 Å². The lowest BCUT2D eigenvalue weighted by Gasteiger charge is -2.33. The van der Waals surface area contributed by atoms with Crippen LogP contribution in [0.5, 0.6) is 0 Å². The number of carbonyl (C=O) groups excluding carboxylic acids is 2. The van der Waals surface area contributed by atoms with Crippen LogP contribution in [-0.4, -0.2) is 67.1 Å². The monoisotopic (exact) mass is 453 g/mol. The molecule has 1 fully saturated rings. The summed E-state index contributed by atoms with van der Waals surface area (Å²) in [5, 5.41) is 0. The summed E-state index contributed by atoms with van der Waals surface area (Å²) in [6.07, 6.45) is 5.46. The molecule has 0 aromatic heterocycles. The van der Waals surface area contributed by atoms with Crippen molar-refractivity contribution in [2.24, 2.45) is 0 Å². The molecule has 0 atom stereocenters. The van der Waals surface area contributed by atoms with Gasteiger partial charge < -0.3 is 9.80 Å². The number of aryl methyl sites for hydroxylation is 1. The number of sulfonamides is 1. The Morgan fingerprint density at radius 2 is 1.59 bits per heavy atom. The van der Waals surface area contributed by atoms with Gasteiger partial charge >= 0.3 is 0 Å². The molecule has 168 valence electrons. The van der Waals surface area contributed by atoms with Crippen LogP contribution in [0.25, 0.3) is 0 Å². The van der Waals surface area contributed by atoms with Crippen LogP contribution >= 0.6 is 0 Å². The van der Waals surface area contributed by atoms with Crippen molar-refractivity contribution in [1.29, 1.82) is 0 Å². The number of benzene rings is 2. The smallest absolute Gasteiger partial charge is 0.254 e. The molecule has 1 aliphatic rings. The number of hydrogen-bond donors (Lipinski definition) is 0. The molecule has 2 aromatic carbocycles. The van der Waals surface area contributed by atoms with Crippen LogP contribution in [0.3, 0.4) is 0 Å². The van der Waals surface area contributed by atoms with Crippen molar-refractivity contribution in [3.63, 3.8) is 0 Å². The van der Waals surface area contributed by atoms with Gasteiger partial charge in [-0.1, -0.05) is 35.7 Å². The van der Waals surface area contributed by atoms with Crippen molar-refractivity contribution >= 4 is 21.8 Å². The number of piperazine rings is 1. The minimum Gasteiger partial charge on any atom is -0.340 e. The molecule has 2 aromatic rings. The van der Waals surface area contributed by atoms with E-state index in [2.05, 4.69) is 5.92 Å². The zero-order chi connectivity index (χ0) is 23.3. The number of rotatable bonds is 6. The van der Waals surface area contributed by atoms with E-state index in [1.165, 1.54) is 35.5 Å². The largest absolute Gasteiger partial charge is 0.340 e. The molecule has 1 heterocycles. The van der Waals surface area contributed by atoms with E-state index in [0.29, 0.717) is 25.2 Å².